The number of likely N-dealkylation sites (N-methyl/N-ethyl adjacent to an activating group) is 1. The normalized spacial score (nSPS) is 16.4. The van der Waals surface area contributed by atoms with Crippen LogP contribution in [0.3, 0.4) is 0 Å². The molecule has 44 heavy (non-hydrogen) atoms. The number of halogens is 1. The zero-order valence-corrected chi connectivity index (χ0v) is 26.1. The summed E-state index contributed by atoms with van der Waals surface area (Å²) in [5.41, 5.74) is 5.04. The van der Waals surface area contributed by atoms with E-state index in [4.69, 9.17) is 9.84 Å². The predicted octanol–water partition coefficient (Wildman–Crippen LogP) is 5.14. The summed E-state index contributed by atoms with van der Waals surface area (Å²) < 4.78 is 24.0. The van der Waals surface area contributed by atoms with E-state index in [1.807, 2.05) is 66.4 Å². The lowest BCUT2D eigenvalue weighted by atomic mass is 10.0. The van der Waals surface area contributed by atoms with Crippen LogP contribution in [0.15, 0.2) is 54.9 Å². The van der Waals surface area contributed by atoms with E-state index in [9.17, 15) is 9.18 Å². The lowest BCUT2D eigenvalue weighted by molar-refractivity contribution is 0.0928. The van der Waals surface area contributed by atoms with Gasteiger partial charge in [-0.3, -0.25) is 23.8 Å². The van der Waals surface area contributed by atoms with Crippen LogP contribution in [0.25, 0.3) is 16.6 Å². The van der Waals surface area contributed by atoms with E-state index in [0.717, 1.165) is 59.8 Å². The molecule has 1 aliphatic heterocycles. The molecular formula is C34H40FN7O2. The highest BCUT2D eigenvalue weighted by Crippen LogP contribution is 2.26. The van der Waals surface area contributed by atoms with Gasteiger partial charge in [0.1, 0.15) is 29.5 Å². The van der Waals surface area contributed by atoms with E-state index < -0.39 is 0 Å². The third kappa shape index (κ3) is 6.09. The second-order valence-corrected chi connectivity index (χ2v) is 12.2. The summed E-state index contributed by atoms with van der Waals surface area (Å²) in [6.45, 7) is 13.1. The third-order valence-electron chi connectivity index (χ3n) is 8.67. The van der Waals surface area contributed by atoms with Gasteiger partial charge in [-0.2, -0.15) is 5.10 Å². The van der Waals surface area contributed by atoms with Crippen LogP contribution >= 0.6 is 0 Å². The maximum Gasteiger partial charge on any atom is 0.185 e. The van der Waals surface area contributed by atoms with Gasteiger partial charge >= 0.3 is 0 Å². The Labute approximate surface area is 257 Å². The highest BCUT2D eigenvalue weighted by Gasteiger charge is 2.21. The van der Waals surface area contributed by atoms with Crippen LogP contribution < -0.4 is 4.74 Å². The van der Waals surface area contributed by atoms with E-state index in [1.54, 1.807) is 12.3 Å². The molecule has 0 unspecified atom stereocenters. The van der Waals surface area contributed by atoms with Gasteiger partial charge in [-0.25, -0.2) is 9.37 Å². The number of fused-ring (bicyclic) bond motifs is 2. The number of pyridine rings is 2. The Balaban J connectivity index is 1.15. The van der Waals surface area contributed by atoms with Crippen LogP contribution in [0, 0.1) is 12.7 Å². The summed E-state index contributed by atoms with van der Waals surface area (Å²) in [6.07, 6.45) is 3.70. The maximum absolute atomic E-state index is 14.2. The van der Waals surface area contributed by atoms with Crippen LogP contribution in [-0.2, 0) is 13.0 Å². The molecule has 9 nitrogen and oxygen atoms in total. The Kier molecular flexibility index (Phi) is 8.46. The summed E-state index contributed by atoms with van der Waals surface area (Å²) in [7, 11) is 2.17. The Morgan fingerprint density at radius 3 is 2.80 bits per heavy atom. The Morgan fingerprint density at radius 1 is 1.16 bits per heavy atom. The fraction of sp³-hybridized carbons (Fsp3) is 0.412. The molecule has 0 amide bonds. The standard InChI is InChI=1S/C34H40FN7O2/c1-22(2)34-28(35)10-9-26(37-34)21-42-29-8-6-7-25(33(29)24(4)38-42)17-31(43)30-19-36-32-18-27(11-12-41(30)32)44-16-15-40-14-13-39(5)23(3)20-40/h6-12,18-19,22-23H,13-17,20-21H2,1-5H3/t23-/m0/s1. The van der Waals surface area contributed by atoms with Crippen LogP contribution in [0.5, 0.6) is 5.75 Å². The quantitative estimate of drug-likeness (QED) is 0.206. The van der Waals surface area contributed by atoms with Gasteiger partial charge in [0.25, 0.3) is 0 Å². The molecule has 5 aromatic rings. The number of ketones is 1. The van der Waals surface area contributed by atoms with E-state index >= 15 is 0 Å². The number of Topliss-reactive ketones (excluding diaryl/α,β-unsaturated/α-hetero) is 1. The number of carbonyl (C=O) groups is 1. The van der Waals surface area contributed by atoms with Crippen molar-refractivity contribution in [1.82, 2.24) is 33.9 Å². The van der Waals surface area contributed by atoms with Crippen molar-refractivity contribution in [3.63, 3.8) is 0 Å². The molecule has 5 heterocycles. The van der Waals surface area contributed by atoms with E-state index in [0.29, 0.717) is 36.2 Å². The van der Waals surface area contributed by atoms with Crippen molar-refractivity contribution in [2.45, 2.75) is 52.6 Å². The molecule has 0 saturated carbocycles. The predicted molar refractivity (Wildman–Crippen MR) is 169 cm³/mol. The molecule has 1 aliphatic rings. The van der Waals surface area contributed by atoms with Crippen LogP contribution in [0.4, 0.5) is 4.39 Å². The van der Waals surface area contributed by atoms with Crippen molar-refractivity contribution in [3.05, 3.63) is 89.0 Å². The molecule has 1 atom stereocenters. The number of carbonyl (C=O) groups excluding carboxylic acids is 1. The first kappa shape index (κ1) is 29.9. The minimum atomic E-state index is -0.293. The van der Waals surface area contributed by atoms with Gasteiger partial charge in [0.05, 0.1) is 35.3 Å². The summed E-state index contributed by atoms with van der Waals surface area (Å²) in [5, 5.41) is 5.72. The van der Waals surface area contributed by atoms with E-state index in [1.165, 1.54) is 6.07 Å². The number of hydrogen-bond acceptors (Lipinski definition) is 7. The highest BCUT2D eigenvalue weighted by atomic mass is 19.1. The SMILES string of the molecule is Cc1nn(Cc2ccc(F)c(C(C)C)n2)c2cccc(CC(=O)c3cnc4cc(OCCN5CCN(C)[C@@H](C)C5)ccn34)c12. The molecule has 1 fully saturated rings. The van der Waals surface area contributed by atoms with Gasteiger partial charge in [0, 0.05) is 56.3 Å². The molecule has 1 aromatic carbocycles. The van der Waals surface area contributed by atoms with Crippen LogP contribution in [-0.4, -0.2) is 85.6 Å². The van der Waals surface area contributed by atoms with Crippen molar-refractivity contribution >= 4 is 22.3 Å². The minimum Gasteiger partial charge on any atom is -0.492 e. The molecule has 0 radical (unpaired) electrons. The topological polar surface area (TPSA) is 80.8 Å². The van der Waals surface area contributed by atoms with Crippen molar-refractivity contribution in [3.8, 4) is 5.75 Å². The van der Waals surface area contributed by atoms with Gasteiger partial charge in [-0.15, -0.1) is 0 Å². The number of hydrogen-bond donors (Lipinski definition) is 0. The van der Waals surface area contributed by atoms with E-state index in [-0.39, 0.29) is 23.9 Å². The molecule has 4 aromatic heterocycles. The first-order valence-corrected chi connectivity index (χ1v) is 15.3. The molecular weight excluding hydrogens is 557 g/mol. The maximum atomic E-state index is 14.2. The zero-order chi connectivity index (χ0) is 31.0. The van der Waals surface area contributed by atoms with Crippen molar-refractivity contribution < 1.29 is 13.9 Å². The monoisotopic (exact) mass is 597 g/mol. The fourth-order valence-corrected chi connectivity index (χ4v) is 6.06. The summed E-state index contributed by atoms with van der Waals surface area (Å²) in [6, 6.07) is 13.4. The lowest BCUT2D eigenvalue weighted by Crippen LogP contribution is -2.50. The first-order valence-electron chi connectivity index (χ1n) is 15.3. The molecule has 6 rings (SSSR count). The summed E-state index contributed by atoms with van der Waals surface area (Å²) >= 11 is 0. The lowest BCUT2D eigenvalue weighted by Gasteiger charge is -2.37. The molecule has 0 aliphatic carbocycles. The smallest absolute Gasteiger partial charge is 0.185 e. The number of ether oxygens (including phenoxy) is 1. The Bertz CT molecular complexity index is 1810. The van der Waals surface area contributed by atoms with Crippen molar-refractivity contribution in [1.29, 1.82) is 0 Å². The number of aromatic nitrogens is 5. The average molecular weight is 598 g/mol. The number of piperazine rings is 1. The minimum absolute atomic E-state index is 0.0152. The van der Waals surface area contributed by atoms with Crippen LogP contribution in [0.1, 0.15) is 59.8 Å². The molecule has 0 N–H and O–H groups in total. The van der Waals surface area contributed by atoms with E-state index in [2.05, 4.69) is 33.7 Å². The number of nitrogens with zero attached hydrogens (tertiary/aromatic N) is 7. The number of benzene rings is 1. The second kappa shape index (κ2) is 12.5. The Hall–Kier alpha value is -4.15. The molecule has 0 bridgehead atoms. The number of aryl methyl sites for hydroxylation is 1. The summed E-state index contributed by atoms with van der Waals surface area (Å²) in [4.78, 5) is 27.5. The largest absolute Gasteiger partial charge is 0.492 e. The fourth-order valence-electron chi connectivity index (χ4n) is 6.06. The second-order valence-electron chi connectivity index (χ2n) is 12.2. The molecule has 230 valence electrons. The van der Waals surface area contributed by atoms with Gasteiger partial charge in [-0.05, 0) is 56.6 Å². The first-order chi connectivity index (χ1) is 21.2. The van der Waals surface area contributed by atoms with Gasteiger partial charge in [-0.1, -0.05) is 26.0 Å². The molecule has 1 saturated heterocycles. The molecule has 0 spiro atoms. The zero-order valence-electron chi connectivity index (χ0n) is 26.1. The Morgan fingerprint density at radius 2 is 2.00 bits per heavy atom. The average Bonchev–Trinajstić information content (AvgIpc) is 3.56. The van der Waals surface area contributed by atoms with Crippen LogP contribution in [0.2, 0.25) is 0 Å². The van der Waals surface area contributed by atoms with Gasteiger partial charge < -0.3 is 9.64 Å². The summed E-state index contributed by atoms with van der Waals surface area (Å²) in [5.74, 6) is 0.404. The van der Waals surface area contributed by atoms with Gasteiger partial charge in [0.2, 0.25) is 0 Å². The number of rotatable bonds is 10. The highest BCUT2D eigenvalue weighted by molar-refractivity contribution is 5.99. The number of imidazole rings is 1. The van der Waals surface area contributed by atoms with Gasteiger partial charge in [0.15, 0.2) is 5.78 Å². The third-order valence-corrected chi connectivity index (χ3v) is 8.67. The van der Waals surface area contributed by atoms with Crippen molar-refractivity contribution in [2.24, 2.45) is 0 Å². The molecule has 10 heteroatoms. The van der Waals surface area contributed by atoms with Crippen molar-refractivity contribution in [2.75, 3.05) is 39.8 Å².